The number of fused-ring (bicyclic) bond motifs is 1. The molecule has 2 N–H and O–H groups in total. The van der Waals surface area contributed by atoms with E-state index in [0.29, 0.717) is 0 Å². The number of nitrogens with zero attached hydrogens (tertiary/aromatic N) is 1. The van der Waals surface area contributed by atoms with Crippen LogP contribution in [0.2, 0.25) is 0 Å². The number of anilines is 1. The number of aryl methyl sites for hydroxylation is 2. The highest BCUT2D eigenvalue weighted by Crippen LogP contribution is 2.20. The summed E-state index contributed by atoms with van der Waals surface area (Å²) < 4.78 is 0. The number of aromatic nitrogens is 2. The van der Waals surface area contributed by atoms with Crippen LogP contribution < -0.4 is 5.32 Å². The molecule has 0 aliphatic carbocycles. The van der Waals surface area contributed by atoms with E-state index in [0.717, 1.165) is 12.2 Å². The summed E-state index contributed by atoms with van der Waals surface area (Å²) in [5.41, 5.74) is 5.92. The molecule has 1 aromatic carbocycles. The second kappa shape index (κ2) is 4.76. The van der Waals surface area contributed by atoms with Crippen LogP contribution in [0.4, 0.5) is 5.69 Å². The lowest BCUT2D eigenvalue weighted by Crippen LogP contribution is -2.00. The fraction of sp³-hybridized carbons (Fsp3) is 0.188. The molecule has 2 aromatic heterocycles. The minimum absolute atomic E-state index is 0.802. The lowest BCUT2D eigenvalue weighted by molar-refractivity contribution is 1.15. The Bertz CT molecular complexity index is 713. The van der Waals surface area contributed by atoms with Crippen LogP contribution >= 0.6 is 0 Å². The normalized spacial score (nSPS) is 10.8. The van der Waals surface area contributed by atoms with Crippen LogP contribution in [0.1, 0.15) is 16.7 Å². The van der Waals surface area contributed by atoms with Gasteiger partial charge < -0.3 is 10.3 Å². The average molecular weight is 251 g/mol. The maximum Gasteiger partial charge on any atom is 0.137 e. The van der Waals surface area contributed by atoms with Crippen LogP contribution in [0, 0.1) is 13.8 Å². The lowest BCUT2D eigenvalue weighted by atomic mass is 10.1. The van der Waals surface area contributed by atoms with Crippen molar-refractivity contribution in [2.45, 2.75) is 20.4 Å². The Hall–Kier alpha value is -2.29. The number of hydrogen-bond donors (Lipinski definition) is 2. The summed E-state index contributed by atoms with van der Waals surface area (Å²) in [4.78, 5) is 7.50. The Balaban J connectivity index is 1.84. The van der Waals surface area contributed by atoms with Crippen molar-refractivity contribution in [3.8, 4) is 0 Å². The van der Waals surface area contributed by atoms with E-state index in [2.05, 4.69) is 53.4 Å². The molecule has 3 rings (SSSR count). The third-order valence-corrected chi connectivity index (χ3v) is 3.40. The van der Waals surface area contributed by atoms with Gasteiger partial charge in [0.15, 0.2) is 0 Å². The Morgan fingerprint density at radius 3 is 3.00 bits per heavy atom. The maximum atomic E-state index is 4.31. The Morgan fingerprint density at radius 1 is 1.21 bits per heavy atom. The molecular weight excluding hydrogens is 234 g/mol. The quantitative estimate of drug-likeness (QED) is 0.743. The number of nitrogens with one attached hydrogen (secondary N) is 2. The zero-order valence-electron chi connectivity index (χ0n) is 11.2. The van der Waals surface area contributed by atoms with Crippen LogP contribution in [0.3, 0.4) is 0 Å². The first-order chi connectivity index (χ1) is 9.24. The van der Waals surface area contributed by atoms with Crippen molar-refractivity contribution in [3.05, 3.63) is 59.4 Å². The number of aromatic amines is 1. The topological polar surface area (TPSA) is 40.7 Å². The van der Waals surface area contributed by atoms with Gasteiger partial charge in [-0.15, -0.1) is 0 Å². The van der Waals surface area contributed by atoms with Crippen molar-refractivity contribution in [1.82, 2.24) is 9.97 Å². The molecule has 0 saturated carbocycles. The largest absolute Gasteiger partial charge is 0.381 e. The van der Waals surface area contributed by atoms with Crippen molar-refractivity contribution in [2.75, 3.05) is 5.32 Å². The Kier molecular flexibility index (Phi) is 2.95. The highest BCUT2D eigenvalue weighted by molar-refractivity contribution is 5.79. The van der Waals surface area contributed by atoms with Crippen LogP contribution in [-0.2, 0) is 6.54 Å². The van der Waals surface area contributed by atoms with Crippen LogP contribution in [-0.4, -0.2) is 9.97 Å². The summed E-state index contributed by atoms with van der Waals surface area (Å²) in [5, 5.41) is 4.68. The zero-order valence-corrected chi connectivity index (χ0v) is 11.2. The second-order valence-corrected chi connectivity index (χ2v) is 4.89. The van der Waals surface area contributed by atoms with Gasteiger partial charge in [-0.2, -0.15) is 0 Å². The molecule has 0 saturated heterocycles. The summed E-state index contributed by atoms with van der Waals surface area (Å²) >= 11 is 0. The van der Waals surface area contributed by atoms with E-state index in [9.17, 15) is 0 Å². The highest BCUT2D eigenvalue weighted by Gasteiger charge is 2.04. The van der Waals surface area contributed by atoms with Crippen molar-refractivity contribution in [2.24, 2.45) is 0 Å². The van der Waals surface area contributed by atoms with Gasteiger partial charge in [-0.05, 0) is 48.7 Å². The van der Waals surface area contributed by atoms with E-state index in [1.165, 1.54) is 27.8 Å². The summed E-state index contributed by atoms with van der Waals surface area (Å²) in [6.07, 6.45) is 3.83. The smallest absolute Gasteiger partial charge is 0.137 e. The number of pyridine rings is 1. The fourth-order valence-corrected chi connectivity index (χ4v) is 2.28. The average Bonchev–Trinajstić information content (AvgIpc) is 2.83. The first-order valence-corrected chi connectivity index (χ1v) is 6.46. The summed E-state index contributed by atoms with van der Waals surface area (Å²) in [7, 11) is 0. The predicted octanol–water partition coefficient (Wildman–Crippen LogP) is 3.79. The minimum Gasteiger partial charge on any atom is -0.381 e. The Labute approximate surface area is 112 Å². The third-order valence-electron chi connectivity index (χ3n) is 3.40. The minimum atomic E-state index is 0.802. The molecule has 0 atom stereocenters. The lowest BCUT2D eigenvalue weighted by Gasteiger charge is -2.10. The SMILES string of the molecule is Cc1ccc(C)c(NCc2c[nH]c3ncccc23)c1. The zero-order chi connectivity index (χ0) is 13.2. The highest BCUT2D eigenvalue weighted by atomic mass is 14.9. The molecule has 0 bridgehead atoms. The number of H-pyrrole nitrogens is 1. The molecule has 2 heterocycles. The van der Waals surface area contributed by atoms with Crippen molar-refractivity contribution >= 4 is 16.7 Å². The standard InChI is InChI=1S/C16H17N3/c1-11-5-6-12(2)15(8-11)18-9-13-10-19-16-14(13)4-3-7-17-16/h3-8,10,18H,9H2,1-2H3,(H,17,19). The molecule has 0 unspecified atom stereocenters. The number of rotatable bonds is 3. The van der Waals surface area contributed by atoms with Crippen molar-refractivity contribution in [3.63, 3.8) is 0 Å². The molecule has 0 amide bonds. The van der Waals surface area contributed by atoms with Crippen LogP contribution in [0.15, 0.2) is 42.7 Å². The maximum absolute atomic E-state index is 4.31. The van der Waals surface area contributed by atoms with Gasteiger partial charge in [0, 0.05) is 30.0 Å². The molecule has 3 aromatic rings. The van der Waals surface area contributed by atoms with E-state index >= 15 is 0 Å². The van der Waals surface area contributed by atoms with E-state index in [4.69, 9.17) is 0 Å². The summed E-state index contributed by atoms with van der Waals surface area (Å²) in [6.45, 7) is 5.04. The molecule has 3 nitrogen and oxygen atoms in total. The third kappa shape index (κ3) is 2.32. The van der Waals surface area contributed by atoms with Crippen molar-refractivity contribution in [1.29, 1.82) is 0 Å². The summed E-state index contributed by atoms with van der Waals surface area (Å²) in [5.74, 6) is 0. The number of benzene rings is 1. The molecule has 96 valence electrons. The van der Waals surface area contributed by atoms with E-state index in [1.54, 1.807) is 6.20 Å². The van der Waals surface area contributed by atoms with Gasteiger partial charge in [-0.1, -0.05) is 12.1 Å². The first-order valence-electron chi connectivity index (χ1n) is 6.46. The monoisotopic (exact) mass is 251 g/mol. The van der Waals surface area contributed by atoms with Gasteiger partial charge in [0.25, 0.3) is 0 Å². The molecule has 0 aliphatic heterocycles. The molecule has 0 radical (unpaired) electrons. The molecule has 19 heavy (non-hydrogen) atoms. The van der Waals surface area contributed by atoms with Gasteiger partial charge in [-0.3, -0.25) is 0 Å². The number of hydrogen-bond acceptors (Lipinski definition) is 2. The molecular formula is C16H17N3. The van der Waals surface area contributed by atoms with E-state index < -0.39 is 0 Å². The van der Waals surface area contributed by atoms with Gasteiger partial charge in [0.2, 0.25) is 0 Å². The van der Waals surface area contributed by atoms with Crippen molar-refractivity contribution < 1.29 is 0 Å². The van der Waals surface area contributed by atoms with Gasteiger partial charge in [0.1, 0.15) is 5.65 Å². The van der Waals surface area contributed by atoms with Crippen LogP contribution in [0.5, 0.6) is 0 Å². The van der Waals surface area contributed by atoms with E-state index in [-0.39, 0.29) is 0 Å². The predicted molar refractivity (Wildman–Crippen MR) is 79.3 cm³/mol. The second-order valence-electron chi connectivity index (χ2n) is 4.89. The Morgan fingerprint density at radius 2 is 2.11 bits per heavy atom. The molecule has 0 fully saturated rings. The first kappa shape index (κ1) is 11.8. The molecule has 3 heteroatoms. The van der Waals surface area contributed by atoms with Gasteiger partial charge >= 0.3 is 0 Å². The van der Waals surface area contributed by atoms with Gasteiger partial charge in [0.05, 0.1) is 0 Å². The summed E-state index contributed by atoms with van der Waals surface area (Å²) in [6, 6.07) is 10.5. The fourth-order valence-electron chi connectivity index (χ4n) is 2.28. The molecule has 0 aliphatic rings. The van der Waals surface area contributed by atoms with E-state index in [1.807, 2.05) is 12.3 Å². The molecule has 0 spiro atoms. The van der Waals surface area contributed by atoms with Crippen LogP contribution in [0.25, 0.3) is 11.0 Å². The van der Waals surface area contributed by atoms with Gasteiger partial charge in [-0.25, -0.2) is 4.98 Å².